The minimum atomic E-state index is 0.193. The Morgan fingerprint density at radius 2 is 2.18 bits per heavy atom. The van der Waals surface area contributed by atoms with Gasteiger partial charge in [-0.3, -0.25) is 9.78 Å². The average Bonchev–Trinajstić information content (AvgIpc) is 2.48. The molecule has 1 aliphatic carbocycles. The van der Waals surface area contributed by atoms with E-state index >= 15 is 0 Å². The Hall–Kier alpha value is -1.18. The fourth-order valence-electron chi connectivity index (χ4n) is 2.74. The molecule has 2 atom stereocenters. The van der Waals surface area contributed by atoms with Crippen LogP contribution in [-0.2, 0) is 11.2 Å². The van der Waals surface area contributed by atoms with Crippen molar-refractivity contribution in [3.05, 3.63) is 29.1 Å². The molecule has 0 N–H and O–H groups in total. The normalized spacial score (nSPS) is 23.9. The molecule has 2 nitrogen and oxygen atoms in total. The topological polar surface area (TPSA) is 30.0 Å². The zero-order valence-electron chi connectivity index (χ0n) is 11.0. The van der Waals surface area contributed by atoms with Crippen LogP contribution in [0, 0.1) is 12.8 Å². The van der Waals surface area contributed by atoms with Crippen LogP contribution in [0.2, 0.25) is 0 Å². The number of hydrogen-bond acceptors (Lipinski definition) is 2. The molecule has 0 spiro atoms. The number of nitrogens with zero attached hydrogens (tertiary/aromatic N) is 1. The van der Waals surface area contributed by atoms with E-state index in [2.05, 4.69) is 24.0 Å². The number of pyridine rings is 1. The molecule has 92 valence electrons. The van der Waals surface area contributed by atoms with E-state index < -0.39 is 0 Å². The Bertz CT molecular complexity index is 425. The highest BCUT2D eigenvalue weighted by atomic mass is 16.1. The number of fused-ring (bicyclic) bond motifs is 1. The largest absolute Gasteiger partial charge is 0.299 e. The number of hydrogen-bond donors (Lipinski definition) is 0. The second kappa shape index (κ2) is 4.99. The lowest BCUT2D eigenvalue weighted by molar-refractivity contribution is -0.122. The van der Waals surface area contributed by atoms with Gasteiger partial charge in [0.2, 0.25) is 0 Å². The number of Topliss-reactive ketones (excluding diaryl/α,β-unsaturated/α-hetero) is 1. The van der Waals surface area contributed by atoms with Crippen molar-refractivity contribution in [2.24, 2.45) is 5.92 Å². The first kappa shape index (κ1) is 12.3. The molecule has 1 heterocycles. The predicted octanol–water partition coefficient (Wildman–Crippen LogP) is 3.43. The van der Waals surface area contributed by atoms with Gasteiger partial charge in [-0.1, -0.05) is 19.9 Å². The molecular weight excluding hydrogens is 210 g/mol. The van der Waals surface area contributed by atoms with Gasteiger partial charge in [0.05, 0.1) is 0 Å². The summed E-state index contributed by atoms with van der Waals surface area (Å²) >= 11 is 0. The highest BCUT2D eigenvalue weighted by Crippen LogP contribution is 2.32. The minimum Gasteiger partial charge on any atom is -0.299 e. The molecule has 0 fully saturated rings. The zero-order chi connectivity index (χ0) is 12.4. The van der Waals surface area contributed by atoms with E-state index in [0.717, 1.165) is 30.7 Å². The van der Waals surface area contributed by atoms with Gasteiger partial charge in [0.25, 0.3) is 0 Å². The average molecular weight is 231 g/mol. The fraction of sp³-hybridized carbons (Fsp3) is 0.600. The first-order valence-electron chi connectivity index (χ1n) is 6.61. The molecule has 0 amide bonds. The molecule has 1 aliphatic rings. The molecule has 0 saturated heterocycles. The molecule has 2 heteroatoms. The summed E-state index contributed by atoms with van der Waals surface area (Å²) in [6.45, 7) is 6.22. The Morgan fingerprint density at radius 3 is 2.88 bits per heavy atom. The van der Waals surface area contributed by atoms with E-state index in [1.54, 1.807) is 0 Å². The predicted molar refractivity (Wildman–Crippen MR) is 69.1 cm³/mol. The Balaban J connectivity index is 2.33. The van der Waals surface area contributed by atoms with Gasteiger partial charge >= 0.3 is 0 Å². The van der Waals surface area contributed by atoms with E-state index in [9.17, 15) is 4.79 Å². The van der Waals surface area contributed by atoms with Crippen molar-refractivity contribution in [2.75, 3.05) is 0 Å². The van der Waals surface area contributed by atoms with Gasteiger partial charge in [-0.05, 0) is 43.7 Å². The first-order chi connectivity index (χ1) is 8.11. The van der Waals surface area contributed by atoms with Crippen LogP contribution >= 0.6 is 0 Å². The molecule has 0 aromatic carbocycles. The van der Waals surface area contributed by atoms with Crippen molar-refractivity contribution in [3.63, 3.8) is 0 Å². The van der Waals surface area contributed by atoms with Crippen molar-refractivity contribution in [1.82, 2.24) is 4.98 Å². The van der Waals surface area contributed by atoms with Crippen molar-refractivity contribution in [2.45, 2.75) is 52.4 Å². The molecule has 1 aromatic heterocycles. The summed E-state index contributed by atoms with van der Waals surface area (Å²) in [6, 6.07) is 4.28. The number of aromatic nitrogens is 1. The van der Waals surface area contributed by atoms with E-state index in [4.69, 9.17) is 0 Å². The van der Waals surface area contributed by atoms with Crippen molar-refractivity contribution >= 4 is 5.78 Å². The maximum atomic E-state index is 11.9. The lowest BCUT2D eigenvalue weighted by Crippen LogP contribution is -2.16. The number of carbonyl (C=O) groups excluding carboxylic acids is 1. The van der Waals surface area contributed by atoms with Crippen LogP contribution in [0.4, 0.5) is 0 Å². The molecule has 0 saturated carbocycles. The molecule has 1 aromatic rings. The highest BCUT2D eigenvalue weighted by Gasteiger charge is 2.25. The molecule has 0 bridgehead atoms. The van der Waals surface area contributed by atoms with Gasteiger partial charge in [0.15, 0.2) is 0 Å². The van der Waals surface area contributed by atoms with E-state index in [1.165, 1.54) is 5.56 Å². The van der Waals surface area contributed by atoms with Crippen LogP contribution in [0.3, 0.4) is 0 Å². The Kier molecular flexibility index (Phi) is 3.60. The second-order valence-corrected chi connectivity index (χ2v) is 5.19. The van der Waals surface area contributed by atoms with Gasteiger partial charge in [-0.15, -0.1) is 0 Å². The molecule has 0 aliphatic heterocycles. The van der Waals surface area contributed by atoms with Crippen molar-refractivity contribution in [3.8, 4) is 0 Å². The summed E-state index contributed by atoms with van der Waals surface area (Å²) in [4.78, 5) is 16.5. The van der Waals surface area contributed by atoms with Crippen molar-refractivity contribution in [1.29, 1.82) is 0 Å². The zero-order valence-corrected chi connectivity index (χ0v) is 11.0. The van der Waals surface area contributed by atoms with Crippen LogP contribution in [0.5, 0.6) is 0 Å². The second-order valence-electron chi connectivity index (χ2n) is 5.19. The number of ketones is 1. The third-order valence-electron chi connectivity index (χ3n) is 3.87. The van der Waals surface area contributed by atoms with Crippen LogP contribution in [0.15, 0.2) is 12.1 Å². The number of rotatable bonds is 2. The number of carbonyl (C=O) groups is 1. The quantitative estimate of drug-likeness (QED) is 0.730. The summed E-state index contributed by atoms with van der Waals surface area (Å²) in [7, 11) is 0. The fourth-order valence-corrected chi connectivity index (χ4v) is 2.74. The first-order valence-corrected chi connectivity index (χ1v) is 6.61. The smallest absolute Gasteiger partial charge is 0.136 e. The summed E-state index contributed by atoms with van der Waals surface area (Å²) < 4.78 is 0. The SMILES string of the molecule is CCC(=O)C1CCC(C)c2ccc(C)nc2C1. The van der Waals surface area contributed by atoms with Crippen molar-refractivity contribution < 1.29 is 4.79 Å². The summed E-state index contributed by atoms with van der Waals surface area (Å²) in [5, 5.41) is 0. The lowest BCUT2D eigenvalue weighted by Gasteiger charge is -2.12. The van der Waals surface area contributed by atoms with Crippen LogP contribution in [0.25, 0.3) is 0 Å². The molecule has 17 heavy (non-hydrogen) atoms. The van der Waals surface area contributed by atoms with Gasteiger partial charge in [0.1, 0.15) is 5.78 Å². The highest BCUT2D eigenvalue weighted by molar-refractivity contribution is 5.81. The van der Waals surface area contributed by atoms with Crippen LogP contribution in [0.1, 0.15) is 56.0 Å². The van der Waals surface area contributed by atoms with Gasteiger partial charge in [0, 0.05) is 23.7 Å². The molecular formula is C15H21NO. The number of aryl methyl sites for hydroxylation is 1. The lowest BCUT2D eigenvalue weighted by atomic mass is 9.93. The standard InChI is InChI=1S/C15H21NO/c1-4-15(17)12-7-5-10(2)13-8-6-11(3)16-14(13)9-12/h6,8,10,12H,4-5,7,9H2,1-3H3. The molecule has 0 radical (unpaired) electrons. The van der Waals surface area contributed by atoms with Crippen LogP contribution < -0.4 is 0 Å². The Labute approximate surface area is 103 Å². The molecule has 2 unspecified atom stereocenters. The third kappa shape index (κ3) is 2.56. The van der Waals surface area contributed by atoms with Gasteiger partial charge in [-0.25, -0.2) is 0 Å². The Morgan fingerprint density at radius 1 is 1.41 bits per heavy atom. The summed E-state index contributed by atoms with van der Waals surface area (Å²) in [5.41, 5.74) is 3.56. The van der Waals surface area contributed by atoms with E-state index in [-0.39, 0.29) is 5.92 Å². The molecule has 2 rings (SSSR count). The maximum absolute atomic E-state index is 11.9. The van der Waals surface area contributed by atoms with E-state index in [0.29, 0.717) is 18.1 Å². The summed E-state index contributed by atoms with van der Waals surface area (Å²) in [6.07, 6.45) is 3.62. The minimum absolute atomic E-state index is 0.193. The monoisotopic (exact) mass is 231 g/mol. The van der Waals surface area contributed by atoms with E-state index in [1.807, 2.05) is 13.8 Å². The third-order valence-corrected chi connectivity index (χ3v) is 3.87. The van der Waals surface area contributed by atoms with Gasteiger partial charge < -0.3 is 0 Å². The van der Waals surface area contributed by atoms with Gasteiger partial charge in [-0.2, -0.15) is 0 Å². The maximum Gasteiger partial charge on any atom is 0.136 e. The summed E-state index contributed by atoms with van der Waals surface area (Å²) in [5.74, 6) is 1.12. The van der Waals surface area contributed by atoms with Crippen LogP contribution in [-0.4, -0.2) is 10.8 Å².